The van der Waals surface area contributed by atoms with Crippen LogP contribution in [-0.4, -0.2) is 26.9 Å². The minimum Gasteiger partial charge on any atom is -0.494 e. The average Bonchev–Trinajstić information content (AvgIpc) is 2.88. The van der Waals surface area contributed by atoms with Gasteiger partial charge in [-0.25, -0.2) is 0 Å². The van der Waals surface area contributed by atoms with Crippen LogP contribution in [0.3, 0.4) is 0 Å². The lowest BCUT2D eigenvalue weighted by atomic mass is 9.81. The number of ether oxygens (including phenoxy) is 1. The summed E-state index contributed by atoms with van der Waals surface area (Å²) in [6, 6.07) is 0. The number of rotatable bonds is 3. The Morgan fingerprint density at radius 1 is 1.38 bits per heavy atom. The lowest BCUT2D eigenvalue weighted by Crippen LogP contribution is -2.22. The fourth-order valence-electron chi connectivity index (χ4n) is 3.08. The van der Waals surface area contributed by atoms with E-state index in [-0.39, 0.29) is 24.5 Å². The SMILES string of the molecule is OCCCC12CCC(O1)c1c(O)[nH]c(O)c12. The van der Waals surface area contributed by atoms with Gasteiger partial charge < -0.3 is 20.1 Å². The van der Waals surface area contributed by atoms with Crippen LogP contribution in [0.2, 0.25) is 0 Å². The quantitative estimate of drug-likeness (QED) is 0.623. The summed E-state index contributed by atoms with van der Waals surface area (Å²) >= 11 is 0. The van der Waals surface area contributed by atoms with Crippen LogP contribution >= 0.6 is 0 Å². The van der Waals surface area contributed by atoms with Gasteiger partial charge in [-0.1, -0.05) is 0 Å². The maximum Gasteiger partial charge on any atom is 0.197 e. The molecule has 1 fully saturated rings. The highest BCUT2D eigenvalue weighted by Crippen LogP contribution is 2.61. The largest absolute Gasteiger partial charge is 0.494 e. The van der Waals surface area contributed by atoms with Crippen LogP contribution in [0.1, 0.15) is 42.9 Å². The lowest BCUT2D eigenvalue weighted by Gasteiger charge is -2.25. The number of nitrogens with one attached hydrogen (secondary N) is 1. The Morgan fingerprint density at radius 3 is 2.94 bits per heavy atom. The lowest BCUT2D eigenvalue weighted by molar-refractivity contribution is -0.0330. The van der Waals surface area contributed by atoms with Crippen LogP contribution in [0.5, 0.6) is 11.8 Å². The number of aromatic hydroxyl groups is 2. The van der Waals surface area contributed by atoms with Gasteiger partial charge in [0.25, 0.3) is 0 Å². The van der Waals surface area contributed by atoms with Gasteiger partial charge in [0.1, 0.15) is 0 Å². The van der Waals surface area contributed by atoms with Crippen molar-refractivity contribution < 1.29 is 20.1 Å². The minimum absolute atomic E-state index is 0.00707. The number of fused-ring (bicyclic) bond motifs is 5. The number of aromatic nitrogens is 1. The van der Waals surface area contributed by atoms with Crippen LogP contribution in [0.15, 0.2) is 0 Å². The summed E-state index contributed by atoms with van der Waals surface area (Å²) in [7, 11) is 0. The highest BCUT2D eigenvalue weighted by molar-refractivity contribution is 5.53. The summed E-state index contributed by atoms with van der Waals surface area (Å²) in [5, 5.41) is 28.3. The average molecular weight is 225 g/mol. The van der Waals surface area contributed by atoms with E-state index in [9.17, 15) is 10.2 Å². The highest BCUT2D eigenvalue weighted by atomic mass is 16.5. The fourth-order valence-corrected chi connectivity index (χ4v) is 3.08. The van der Waals surface area contributed by atoms with E-state index >= 15 is 0 Å². The molecule has 2 bridgehead atoms. The van der Waals surface area contributed by atoms with Crippen molar-refractivity contribution in [3.8, 4) is 11.8 Å². The molecule has 2 aliphatic rings. The van der Waals surface area contributed by atoms with Gasteiger partial charge in [0.15, 0.2) is 11.8 Å². The van der Waals surface area contributed by atoms with Gasteiger partial charge >= 0.3 is 0 Å². The van der Waals surface area contributed by atoms with Crippen molar-refractivity contribution >= 4 is 0 Å². The molecule has 88 valence electrons. The molecule has 0 radical (unpaired) electrons. The van der Waals surface area contributed by atoms with Crippen LogP contribution < -0.4 is 0 Å². The molecule has 2 aliphatic heterocycles. The Hall–Kier alpha value is -1.20. The zero-order chi connectivity index (χ0) is 11.3. The van der Waals surface area contributed by atoms with Gasteiger partial charge in [-0.05, 0) is 25.7 Å². The molecule has 0 aromatic carbocycles. The smallest absolute Gasteiger partial charge is 0.197 e. The molecule has 1 aromatic rings. The first-order valence-electron chi connectivity index (χ1n) is 5.61. The predicted octanol–water partition coefficient (Wildman–Crippen LogP) is 1.26. The van der Waals surface area contributed by atoms with Crippen molar-refractivity contribution in [1.29, 1.82) is 0 Å². The number of H-pyrrole nitrogens is 1. The molecule has 0 amide bonds. The van der Waals surface area contributed by atoms with Gasteiger partial charge in [0.05, 0.1) is 22.8 Å². The summed E-state index contributed by atoms with van der Waals surface area (Å²) in [6.07, 6.45) is 2.92. The Morgan fingerprint density at radius 2 is 2.19 bits per heavy atom. The first-order chi connectivity index (χ1) is 7.68. The van der Waals surface area contributed by atoms with Crippen molar-refractivity contribution in [1.82, 2.24) is 4.98 Å². The molecule has 3 heterocycles. The normalized spacial score (nSPS) is 30.9. The summed E-state index contributed by atoms with van der Waals surface area (Å²) in [5.41, 5.74) is 0.918. The van der Waals surface area contributed by atoms with E-state index in [1.807, 2.05) is 0 Å². The Kier molecular flexibility index (Phi) is 1.96. The third kappa shape index (κ3) is 1.07. The molecule has 0 spiro atoms. The first-order valence-corrected chi connectivity index (χ1v) is 5.61. The molecule has 4 N–H and O–H groups in total. The number of aliphatic hydroxyl groups is 1. The molecular weight excluding hydrogens is 210 g/mol. The van der Waals surface area contributed by atoms with Gasteiger partial charge in [0.2, 0.25) is 0 Å². The standard InChI is InChI=1S/C11H15NO4/c13-5-1-3-11-4-2-6(16-11)7-8(11)10(15)12-9(7)14/h6,12-15H,1-5H2. The van der Waals surface area contributed by atoms with Crippen LogP contribution in [0, 0.1) is 0 Å². The summed E-state index contributed by atoms with van der Waals surface area (Å²) in [5.74, 6) is 0.0238. The van der Waals surface area contributed by atoms with E-state index in [2.05, 4.69) is 4.98 Å². The van der Waals surface area contributed by atoms with Crippen molar-refractivity contribution in [2.45, 2.75) is 37.4 Å². The summed E-state index contributed by atoms with van der Waals surface area (Å²) < 4.78 is 5.88. The first kappa shape index (κ1) is 9.99. The fraction of sp³-hybridized carbons (Fsp3) is 0.636. The van der Waals surface area contributed by atoms with Gasteiger partial charge in [-0.2, -0.15) is 0 Å². The van der Waals surface area contributed by atoms with Gasteiger partial charge in [-0.15, -0.1) is 0 Å². The summed E-state index contributed by atoms with van der Waals surface area (Å²) in [6.45, 7) is 0.113. The monoisotopic (exact) mass is 225 g/mol. The topological polar surface area (TPSA) is 85.7 Å². The molecule has 2 unspecified atom stereocenters. The number of aliphatic hydroxyl groups excluding tert-OH is 1. The third-order valence-corrected chi connectivity index (χ3v) is 3.69. The molecule has 16 heavy (non-hydrogen) atoms. The van der Waals surface area contributed by atoms with Crippen molar-refractivity contribution in [2.75, 3.05) is 6.61 Å². The molecule has 3 rings (SSSR count). The van der Waals surface area contributed by atoms with Crippen LogP contribution in [-0.2, 0) is 10.3 Å². The van der Waals surface area contributed by atoms with Crippen molar-refractivity contribution in [3.63, 3.8) is 0 Å². The maximum atomic E-state index is 9.78. The highest BCUT2D eigenvalue weighted by Gasteiger charge is 2.54. The van der Waals surface area contributed by atoms with E-state index in [1.54, 1.807) is 0 Å². The van der Waals surface area contributed by atoms with Crippen LogP contribution in [0.25, 0.3) is 0 Å². The Balaban J connectivity index is 2.05. The van der Waals surface area contributed by atoms with E-state index in [1.165, 1.54) is 0 Å². The van der Waals surface area contributed by atoms with E-state index in [0.717, 1.165) is 12.8 Å². The van der Waals surface area contributed by atoms with Crippen molar-refractivity contribution in [3.05, 3.63) is 11.1 Å². The second-order valence-electron chi connectivity index (χ2n) is 4.58. The minimum atomic E-state index is -0.496. The maximum absolute atomic E-state index is 9.78. The second kappa shape index (κ2) is 3.15. The molecule has 1 aromatic heterocycles. The number of aromatic amines is 1. The molecule has 1 saturated heterocycles. The second-order valence-corrected chi connectivity index (χ2v) is 4.58. The van der Waals surface area contributed by atoms with E-state index in [4.69, 9.17) is 9.84 Å². The van der Waals surface area contributed by atoms with Crippen LogP contribution in [0.4, 0.5) is 0 Å². The molecular formula is C11H15NO4. The van der Waals surface area contributed by atoms with Gasteiger partial charge in [0, 0.05) is 6.61 Å². The zero-order valence-electron chi connectivity index (χ0n) is 8.86. The van der Waals surface area contributed by atoms with E-state index in [0.29, 0.717) is 24.0 Å². The molecule has 5 nitrogen and oxygen atoms in total. The summed E-state index contributed by atoms with van der Waals surface area (Å²) in [4.78, 5) is 2.55. The third-order valence-electron chi connectivity index (χ3n) is 3.69. The molecule has 5 heteroatoms. The molecule has 2 atom stereocenters. The Bertz CT molecular complexity index is 428. The Labute approximate surface area is 92.7 Å². The predicted molar refractivity (Wildman–Crippen MR) is 55.2 cm³/mol. The van der Waals surface area contributed by atoms with E-state index < -0.39 is 5.60 Å². The zero-order valence-corrected chi connectivity index (χ0v) is 8.86. The molecule has 0 saturated carbocycles. The number of hydrogen-bond acceptors (Lipinski definition) is 4. The van der Waals surface area contributed by atoms with Gasteiger partial charge in [-0.3, -0.25) is 4.98 Å². The van der Waals surface area contributed by atoms with Crippen molar-refractivity contribution in [2.24, 2.45) is 0 Å². The molecule has 0 aliphatic carbocycles. The number of hydrogen-bond donors (Lipinski definition) is 4.